The van der Waals surface area contributed by atoms with Crippen LogP contribution >= 0.6 is 0 Å². The third kappa shape index (κ3) is 3.20. The average molecular weight is 314 g/mol. The van der Waals surface area contributed by atoms with Gasteiger partial charge < -0.3 is 9.30 Å². The molecule has 8 nitrogen and oxygen atoms in total. The number of para-hydroxylation sites is 2. The molecule has 23 heavy (non-hydrogen) atoms. The molecule has 118 valence electrons. The number of nitrogens with zero attached hydrogens (tertiary/aromatic N) is 3. The molecule has 1 aromatic heterocycles. The van der Waals surface area contributed by atoms with Gasteiger partial charge in [-0.25, -0.2) is 5.43 Å². The number of hydrogen-bond acceptors (Lipinski definition) is 5. The molecule has 1 aliphatic heterocycles. The summed E-state index contributed by atoms with van der Waals surface area (Å²) in [5.41, 5.74) is 4.01. The van der Waals surface area contributed by atoms with Crippen molar-refractivity contribution >= 4 is 17.3 Å². The van der Waals surface area contributed by atoms with E-state index in [4.69, 9.17) is 4.74 Å². The second-order valence-corrected chi connectivity index (χ2v) is 4.94. The zero-order valence-electron chi connectivity index (χ0n) is 12.1. The van der Waals surface area contributed by atoms with Crippen molar-refractivity contribution in [3.63, 3.8) is 0 Å². The maximum atomic E-state index is 11.8. The fraction of sp³-hybridized carbons (Fsp3) is 0.200. The first-order chi connectivity index (χ1) is 11.1. The molecule has 0 spiro atoms. The van der Waals surface area contributed by atoms with Crippen LogP contribution in [0.2, 0.25) is 0 Å². The molecule has 1 aromatic carbocycles. The number of amides is 1. The molecule has 8 heteroatoms. The summed E-state index contributed by atoms with van der Waals surface area (Å²) in [4.78, 5) is 22.1. The van der Waals surface area contributed by atoms with E-state index in [-0.39, 0.29) is 18.0 Å². The van der Waals surface area contributed by atoms with Crippen molar-refractivity contribution in [3.05, 3.63) is 58.4 Å². The van der Waals surface area contributed by atoms with E-state index in [0.29, 0.717) is 0 Å². The van der Waals surface area contributed by atoms with Crippen LogP contribution in [0.4, 0.5) is 5.69 Å². The first-order valence-electron chi connectivity index (χ1n) is 7.02. The molecule has 2 aromatic rings. The highest BCUT2D eigenvalue weighted by atomic mass is 16.6. The topological polar surface area (TPSA) is 98.8 Å². The Labute approximate surface area is 131 Å². The summed E-state index contributed by atoms with van der Waals surface area (Å²) < 4.78 is 7.25. The number of ether oxygens (including phenoxy) is 1. The first kappa shape index (κ1) is 14.8. The third-order valence-corrected chi connectivity index (χ3v) is 3.45. The first-order valence-corrected chi connectivity index (χ1v) is 7.02. The number of fused-ring (bicyclic) bond motifs is 1. The van der Waals surface area contributed by atoms with Crippen LogP contribution in [0.5, 0.6) is 5.75 Å². The van der Waals surface area contributed by atoms with Gasteiger partial charge in [-0.2, -0.15) is 5.10 Å². The minimum atomic E-state index is -0.555. The Morgan fingerprint density at radius 3 is 3.00 bits per heavy atom. The van der Waals surface area contributed by atoms with Gasteiger partial charge in [0.25, 0.3) is 5.91 Å². The van der Waals surface area contributed by atoms with Crippen LogP contribution in [0.3, 0.4) is 0 Å². The van der Waals surface area contributed by atoms with Crippen LogP contribution in [0.15, 0.2) is 47.7 Å². The number of aryl methyl sites for hydroxylation is 1. The smallest absolute Gasteiger partial charge is 0.310 e. The lowest BCUT2D eigenvalue weighted by atomic mass is 10.2. The SMILES string of the molecule is O=C(COc1ccccc1[N+](=O)[O-])N/N=C1/CCn2cccc21. The van der Waals surface area contributed by atoms with Crippen LogP contribution in [0.25, 0.3) is 0 Å². The molecular formula is C15H14N4O4. The van der Waals surface area contributed by atoms with Crippen LogP contribution in [0.1, 0.15) is 12.1 Å². The van der Waals surface area contributed by atoms with Gasteiger partial charge in [0, 0.05) is 25.2 Å². The van der Waals surface area contributed by atoms with Crippen molar-refractivity contribution < 1.29 is 14.5 Å². The van der Waals surface area contributed by atoms with E-state index in [9.17, 15) is 14.9 Å². The Morgan fingerprint density at radius 2 is 2.17 bits per heavy atom. The number of carbonyl (C=O) groups excluding carboxylic acids is 1. The van der Waals surface area contributed by atoms with Gasteiger partial charge in [0.05, 0.1) is 16.3 Å². The van der Waals surface area contributed by atoms with E-state index >= 15 is 0 Å². The maximum absolute atomic E-state index is 11.8. The summed E-state index contributed by atoms with van der Waals surface area (Å²) in [6, 6.07) is 9.76. The molecule has 0 saturated carbocycles. The lowest BCUT2D eigenvalue weighted by Crippen LogP contribution is -2.25. The summed E-state index contributed by atoms with van der Waals surface area (Å²) in [6.45, 7) is 0.492. The van der Waals surface area contributed by atoms with Gasteiger partial charge in [0.1, 0.15) is 0 Å². The summed E-state index contributed by atoms with van der Waals surface area (Å²) in [5, 5.41) is 14.9. The highest BCUT2D eigenvalue weighted by Gasteiger charge is 2.17. The number of hydrazone groups is 1. The predicted molar refractivity (Wildman–Crippen MR) is 82.3 cm³/mol. The number of nitro benzene ring substituents is 1. The predicted octanol–water partition coefficient (Wildman–Crippen LogP) is 1.70. The minimum Gasteiger partial charge on any atom is -0.477 e. The zero-order chi connectivity index (χ0) is 16.2. The highest BCUT2D eigenvalue weighted by molar-refractivity contribution is 6.01. The number of aromatic nitrogens is 1. The van der Waals surface area contributed by atoms with Crippen molar-refractivity contribution in [1.82, 2.24) is 9.99 Å². The van der Waals surface area contributed by atoms with Crippen LogP contribution < -0.4 is 10.2 Å². The van der Waals surface area contributed by atoms with E-state index in [1.807, 2.05) is 18.3 Å². The zero-order valence-corrected chi connectivity index (χ0v) is 12.1. The second-order valence-electron chi connectivity index (χ2n) is 4.94. The number of nitrogens with one attached hydrogen (secondary N) is 1. The fourth-order valence-electron chi connectivity index (χ4n) is 2.37. The Morgan fingerprint density at radius 1 is 1.35 bits per heavy atom. The molecule has 0 saturated heterocycles. The van der Waals surface area contributed by atoms with Gasteiger partial charge in [-0.3, -0.25) is 14.9 Å². The van der Waals surface area contributed by atoms with Crippen molar-refractivity contribution in [1.29, 1.82) is 0 Å². The third-order valence-electron chi connectivity index (χ3n) is 3.45. The van der Waals surface area contributed by atoms with Gasteiger partial charge in [0.2, 0.25) is 0 Å². The number of carbonyl (C=O) groups is 1. The molecule has 1 amide bonds. The summed E-state index contributed by atoms with van der Waals surface area (Å²) in [5.74, 6) is -0.421. The van der Waals surface area contributed by atoms with E-state index < -0.39 is 10.8 Å². The van der Waals surface area contributed by atoms with Crippen molar-refractivity contribution in [2.24, 2.45) is 5.10 Å². The van der Waals surface area contributed by atoms with Gasteiger partial charge >= 0.3 is 5.69 Å². The number of benzene rings is 1. The highest BCUT2D eigenvalue weighted by Crippen LogP contribution is 2.25. The molecule has 1 N–H and O–H groups in total. The molecule has 0 radical (unpaired) electrons. The number of nitro groups is 1. The summed E-state index contributed by atoms with van der Waals surface area (Å²) >= 11 is 0. The van der Waals surface area contributed by atoms with E-state index in [1.54, 1.807) is 6.07 Å². The Hall–Kier alpha value is -3.16. The number of rotatable bonds is 5. The van der Waals surface area contributed by atoms with Crippen molar-refractivity contribution in [2.75, 3.05) is 6.61 Å². The molecule has 2 heterocycles. The van der Waals surface area contributed by atoms with Gasteiger partial charge in [-0.1, -0.05) is 12.1 Å². The monoisotopic (exact) mass is 314 g/mol. The van der Waals surface area contributed by atoms with Crippen LogP contribution in [-0.2, 0) is 11.3 Å². The normalized spacial score (nSPS) is 14.5. The Bertz CT molecular complexity index is 781. The average Bonchev–Trinajstić information content (AvgIpc) is 3.15. The van der Waals surface area contributed by atoms with E-state index in [2.05, 4.69) is 15.1 Å². The quantitative estimate of drug-likeness (QED) is 0.670. The molecule has 0 fully saturated rings. The molecule has 0 aliphatic carbocycles. The van der Waals surface area contributed by atoms with Crippen molar-refractivity contribution in [2.45, 2.75) is 13.0 Å². The molecule has 1 aliphatic rings. The van der Waals surface area contributed by atoms with Gasteiger partial charge in [-0.15, -0.1) is 0 Å². The molecule has 3 rings (SSSR count). The lowest BCUT2D eigenvalue weighted by molar-refractivity contribution is -0.385. The number of hydrogen-bond donors (Lipinski definition) is 1. The van der Waals surface area contributed by atoms with E-state index in [0.717, 1.165) is 24.4 Å². The Kier molecular flexibility index (Phi) is 4.05. The molecule has 0 atom stereocenters. The maximum Gasteiger partial charge on any atom is 0.310 e. The Balaban J connectivity index is 1.58. The summed E-state index contributed by atoms with van der Waals surface area (Å²) in [7, 11) is 0. The van der Waals surface area contributed by atoms with Crippen LogP contribution in [-0.4, -0.2) is 27.7 Å². The van der Waals surface area contributed by atoms with Crippen LogP contribution in [0, 0.1) is 10.1 Å². The molecular weight excluding hydrogens is 300 g/mol. The minimum absolute atomic E-state index is 0.0510. The largest absolute Gasteiger partial charge is 0.477 e. The van der Waals surface area contributed by atoms with Crippen molar-refractivity contribution in [3.8, 4) is 5.75 Å². The van der Waals surface area contributed by atoms with E-state index in [1.165, 1.54) is 18.2 Å². The standard InChI is InChI=1S/C15H14N4O4/c20-15(10-23-14-6-2-1-4-13(14)19(21)22)17-16-11-7-9-18-8-3-5-12(11)18/h1-6,8H,7,9-10H2,(H,17,20)/b16-11-. The van der Waals surface area contributed by atoms with Gasteiger partial charge in [0.15, 0.2) is 12.4 Å². The molecule has 0 unspecified atom stereocenters. The fourth-order valence-corrected chi connectivity index (χ4v) is 2.37. The van der Waals surface area contributed by atoms with Gasteiger partial charge in [-0.05, 0) is 18.2 Å². The second kappa shape index (κ2) is 6.30. The lowest BCUT2D eigenvalue weighted by Gasteiger charge is -2.05. The summed E-state index contributed by atoms with van der Waals surface area (Å²) in [6.07, 6.45) is 2.71. The molecule has 0 bridgehead atoms.